The zero-order chi connectivity index (χ0) is 19.3. The average Bonchev–Trinajstić information content (AvgIpc) is 3.21. The standard InChI is InChI=1S/C24H21N3O/c1-2-21(28)22(18-12-6-3-7-13-18)27-24(20-16-10-5-11-17-20)25-23(26-27)19-14-8-4-9-15-19/h3-17,22H,2H2,1H3. The molecular weight excluding hydrogens is 346 g/mol. The third kappa shape index (κ3) is 3.49. The van der Waals surface area contributed by atoms with E-state index in [0.717, 1.165) is 16.7 Å². The Labute approximate surface area is 164 Å². The molecule has 4 heteroatoms. The van der Waals surface area contributed by atoms with Crippen molar-refractivity contribution in [1.29, 1.82) is 0 Å². The van der Waals surface area contributed by atoms with Crippen molar-refractivity contribution in [3.63, 3.8) is 0 Å². The monoisotopic (exact) mass is 367 g/mol. The highest BCUT2D eigenvalue weighted by Gasteiger charge is 2.26. The first-order valence-electron chi connectivity index (χ1n) is 9.43. The van der Waals surface area contributed by atoms with E-state index < -0.39 is 6.04 Å². The predicted octanol–water partition coefficient (Wildman–Crippen LogP) is 5.18. The second-order valence-corrected chi connectivity index (χ2v) is 6.57. The Morgan fingerprint density at radius 2 is 1.36 bits per heavy atom. The highest BCUT2D eigenvalue weighted by molar-refractivity contribution is 5.86. The molecule has 1 heterocycles. The van der Waals surface area contributed by atoms with Gasteiger partial charge in [-0.25, -0.2) is 9.67 Å². The summed E-state index contributed by atoms with van der Waals surface area (Å²) < 4.78 is 1.78. The van der Waals surface area contributed by atoms with Gasteiger partial charge in [-0.2, -0.15) is 0 Å². The lowest BCUT2D eigenvalue weighted by molar-refractivity contribution is -0.121. The molecule has 0 saturated carbocycles. The van der Waals surface area contributed by atoms with Gasteiger partial charge in [-0.15, -0.1) is 5.10 Å². The molecule has 0 bridgehead atoms. The van der Waals surface area contributed by atoms with Crippen LogP contribution in [0.4, 0.5) is 0 Å². The Balaban J connectivity index is 1.93. The molecule has 3 aromatic carbocycles. The van der Waals surface area contributed by atoms with Crippen molar-refractivity contribution < 1.29 is 4.79 Å². The molecule has 0 amide bonds. The van der Waals surface area contributed by atoms with Gasteiger partial charge in [-0.05, 0) is 5.56 Å². The Hall–Kier alpha value is -3.53. The average molecular weight is 367 g/mol. The number of hydrogen-bond acceptors (Lipinski definition) is 3. The molecule has 0 fully saturated rings. The normalized spacial score (nSPS) is 11.9. The van der Waals surface area contributed by atoms with Gasteiger partial charge in [0.25, 0.3) is 0 Å². The van der Waals surface area contributed by atoms with Crippen molar-refractivity contribution in [2.24, 2.45) is 0 Å². The fourth-order valence-electron chi connectivity index (χ4n) is 3.29. The summed E-state index contributed by atoms with van der Waals surface area (Å²) in [5.41, 5.74) is 2.77. The minimum Gasteiger partial charge on any atom is -0.297 e. The van der Waals surface area contributed by atoms with Crippen LogP contribution in [0, 0.1) is 0 Å². The molecule has 4 aromatic rings. The number of Topliss-reactive ketones (excluding diaryl/α,β-unsaturated/α-hetero) is 1. The molecule has 0 saturated heterocycles. The second kappa shape index (κ2) is 8.01. The van der Waals surface area contributed by atoms with Crippen molar-refractivity contribution >= 4 is 5.78 Å². The fourth-order valence-corrected chi connectivity index (χ4v) is 3.29. The highest BCUT2D eigenvalue weighted by Crippen LogP contribution is 2.29. The maximum Gasteiger partial charge on any atom is 0.181 e. The van der Waals surface area contributed by atoms with Crippen LogP contribution in [0.2, 0.25) is 0 Å². The van der Waals surface area contributed by atoms with E-state index in [-0.39, 0.29) is 5.78 Å². The van der Waals surface area contributed by atoms with E-state index in [9.17, 15) is 4.79 Å². The lowest BCUT2D eigenvalue weighted by Gasteiger charge is -2.18. The Morgan fingerprint density at radius 3 is 1.93 bits per heavy atom. The third-order valence-corrected chi connectivity index (χ3v) is 4.71. The number of benzene rings is 3. The zero-order valence-electron chi connectivity index (χ0n) is 15.7. The highest BCUT2D eigenvalue weighted by atomic mass is 16.1. The minimum atomic E-state index is -0.508. The van der Waals surface area contributed by atoms with Gasteiger partial charge in [-0.3, -0.25) is 4.79 Å². The SMILES string of the molecule is CCC(=O)C(c1ccccc1)n1nc(-c2ccccc2)nc1-c1ccccc1. The molecule has 4 nitrogen and oxygen atoms in total. The second-order valence-electron chi connectivity index (χ2n) is 6.57. The molecule has 0 spiro atoms. The zero-order valence-corrected chi connectivity index (χ0v) is 15.7. The number of rotatable bonds is 6. The van der Waals surface area contributed by atoms with Gasteiger partial charge >= 0.3 is 0 Å². The molecule has 1 unspecified atom stereocenters. The summed E-state index contributed by atoms with van der Waals surface area (Å²) in [7, 11) is 0. The van der Waals surface area contributed by atoms with E-state index >= 15 is 0 Å². The molecular formula is C24H21N3O. The van der Waals surface area contributed by atoms with Crippen LogP contribution < -0.4 is 0 Å². The maximum absolute atomic E-state index is 13.0. The number of aromatic nitrogens is 3. The fraction of sp³-hybridized carbons (Fsp3) is 0.125. The van der Waals surface area contributed by atoms with Crippen LogP contribution in [0.25, 0.3) is 22.8 Å². The first-order valence-corrected chi connectivity index (χ1v) is 9.43. The van der Waals surface area contributed by atoms with Crippen LogP contribution in [0.5, 0.6) is 0 Å². The van der Waals surface area contributed by atoms with Crippen LogP contribution in [0.15, 0.2) is 91.0 Å². The Morgan fingerprint density at radius 1 is 0.821 bits per heavy atom. The van der Waals surface area contributed by atoms with Crippen molar-refractivity contribution in [1.82, 2.24) is 14.8 Å². The van der Waals surface area contributed by atoms with E-state index in [1.807, 2.05) is 97.9 Å². The smallest absolute Gasteiger partial charge is 0.181 e. The summed E-state index contributed by atoms with van der Waals surface area (Å²) in [6.45, 7) is 1.88. The van der Waals surface area contributed by atoms with Gasteiger partial charge < -0.3 is 0 Å². The lowest BCUT2D eigenvalue weighted by atomic mass is 10.0. The number of ketones is 1. The van der Waals surface area contributed by atoms with Crippen LogP contribution in [0.1, 0.15) is 24.9 Å². The molecule has 28 heavy (non-hydrogen) atoms. The molecule has 0 aliphatic rings. The molecule has 0 aliphatic carbocycles. The molecule has 0 radical (unpaired) electrons. The van der Waals surface area contributed by atoms with Gasteiger partial charge in [0.05, 0.1) is 0 Å². The van der Waals surface area contributed by atoms with Crippen LogP contribution in [-0.2, 0) is 4.79 Å². The largest absolute Gasteiger partial charge is 0.297 e. The molecule has 0 aliphatic heterocycles. The van der Waals surface area contributed by atoms with E-state index in [2.05, 4.69) is 0 Å². The van der Waals surface area contributed by atoms with E-state index in [1.54, 1.807) is 4.68 Å². The number of carbonyl (C=O) groups excluding carboxylic acids is 1. The van der Waals surface area contributed by atoms with Crippen molar-refractivity contribution in [2.45, 2.75) is 19.4 Å². The summed E-state index contributed by atoms with van der Waals surface area (Å²) >= 11 is 0. The Bertz CT molecular complexity index is 1060. The molecule has 1 atom stereocenters. The van der Waals surface area contributed by atoms with Crippen LogP contribution in [-0.4, -0.2) is 20.5 Å². The van der Waals surface area contributed by atoms with Crippen LogP contribution >= 0.6 is 0 Å². The van der Waals surface area contributed by atoms with Gasteiger partial charge in [-0.1, -0.05) is 97.9 Å². The first kappa shape index (κ1) is 17.9. The summed E-state index contributed by atoms with van der Waals surface area (Å²) in [6.07, 6.45) is 0.425. The lowest BCUT2D eigenvalue weighted by Crippen LogP contribution is -2.22. The van der Waals surface area contributed by atoms with Gasteiger partial charge in [0, 0.05) is 17.5 Å². The van der Waals surface area contributed by atoms with Gasteiger partial charge in [0.1, 0.15) is 6.04 Å². The van der Waals surface area contributed by atoms with Crippen molar-refractivity contribution in [3.05, 3.63) is 96.6 Å². The third-order valence-electron chi connectivity index (χ3n) is 4.71. The summed E-state index contributed by atoms with van der Waals surface area (Å²) in [5, 5.41) is 4.79. The summed E-state index contributed by atoms with van der Waals surface area (Å²) in [4.78, 5) is 17.8. The quantitative estimate of drug-likeness (QED) is 0.472. The first-order chi connectivity index (χ1) is 13.8. The van der Waals surface area contributed by atoms with Gasteiger partial charge in [0.15, 0.2) is 17.4 Å². The predicted molar refractivity (Wildman–Crippen MR) is 111 cm³/mol. The number of carbonyl (C=O) groups is 1. The van der Waals surface area contributed by atoms with E-state index in [1.165, 1.54) is 0 Å². The summed E-state index contributed by atoms with van der Waals surface area (Å²) in [5.74, 6) is 1.41. The van der Waals surface area contributed by atoms with Crippen LogP contribution in [0.3, 0.4) is 0 Å². The molecule has 1 aromatic heterocycles. The molecule has 0 N–H and O–H groups in total. The molecule has 138 valence electrons. The topological polar surface area (TPSA) is 47.8 Å². The van der Waals surface area contributed by atoms with Gasteiger partial charge in [0.2, 0.25) is 0 Å². The summed E-state index contributed by atoms with van der Waals surface area (Å²) in [6, 6.07) is 29.0. The number of hydrogen-bond donors (Lipinski definition) is 0. The Kier molecular flexibility index (Phi) is 5.11. The van der Waals surface area contributed by atoms with E-state index in [4.69, 9.17) is 10.1 Å². The van der Waals surface area contributed by atoms with E-state index in [0.29, 0.717) is 18.1 Å². The van der Waals surface area contributed by atoms with Crippen molar-refractivity contribution in [2.75, 3.05) is 0 Å². The molecule has 4 rings (SSSR count). The maximum atomic E-state index is 13.0. The number of nitrogens with zero attached hydrogens (tertiary/aromatic N) is 3. The van der Waals surface area contributed by atoms with Crippen molar-refractivity contribution in [3.8, 4) is 22.8 Å². The minimum absolute atomic E-state index is 0.105.